The van der Waals surface area contributed by atoms with Gasteiger partial charge in [-0.2, -0.15) is 0 Å². The van der Waals surface area contributed by atoms with Crippen molar-refractivity contribution < 1.29 is 19.5 Å². The topological polar surface area (TPSA) is 90.0 Å². The van der Waals surface area contributed by atoms with Crippen LogP contribution in [-0.4, -0.2) is 53.1 Å². The van der Waals surface area contributed by atoms with Gasteiger partial charge in [0.15, 0.2) is 0 Å². The molecular weight excluding hydrogens is 334 g/mol. The fourth-order valence-corrected chi connectivity index (χ4v) is 3.81. The second kappa shape index (κ2) is 7.35. The van der Waals surface area contributed by atoms with Gasteiger partial charge in [-0.15, -0.1) is 0 Å². The first-order valence-electron chi connectivity index (χ1n) is 9.07. The summed E-state index contributed by atoms with van der Waals surface area (Å²) in [5, 5.41) is 11.9. The summed E-state index contributed by atoms with van der Waals surface area (Å²) in [6.07, 6.45) is 2.04. The first-order chi connectivity index (χ1) is 12.4. The number of carboxylic acids is 1. The van der Waals surface area contributed by atoms with Crippen molar-refractivity contribution in [2.24, 2.45) is 5.92 Å². The Balaban J connectivity index is 1.64. The molecule has 7 nitrogen and oxygen atoms in total. The third kappa shape index (κ3) is 3.52. The van der Waals surface area contributed by atoms with Gasteiger partial charge in [0.2, 0.25) is 5.91 Å². The van der Waals surface area contributed by atoms with Crippen LogP contribution in [0.5, 0.6) is 0 Å². The van der Waals surface area contributed by atoms with Crippen LogP contribution < -0.4 is 10.2 Å². The van der Waals surface area contributed by atoms with E-state index in [-0.39, 0.29) is 24.5 Å². The van der Waals surface area contributed by atoms with Crippen LogP contribution in [0.15, 0.2) is 24.3 Å². The molecule has 26 heavy (non-hydrogen) atoms. The number of carbonyl (C=O) groups excluding carboxylic acids is 2. The Morgan fingerprint density at radius 3 is 2.73 bits per heavy atom. The second-order valence-corrected chi connectivity index (χ2v) is 7.18. The van der Waals surface area contributed by atoms with Gasteiger partial charge in [0.1, 0.15) is 6.04 Å². The number of hydrogen-bond acceptors (Lipinski definition) is 3. The lowest BCUT2D eigenvalue weighted by Gasteiger charge is -2.32. The highest BCUT2D eigenvalue weighted by atomic mass is 16.4. The lowest BCUT2D eigenvalue weighted by Crippen LogP contribution is -2.54. The molecule has 2 N–H and O–H groups in total. The van der Waals surface area contributed by atoms with E-state index >= 15 is 0 Å². The molecule has 1 saturated heterocycles. The first-order valence-corrected chi connectivity index (χ1v) is 9.07. The maximum absolute atomic E-state index is 12.9. The summed E-state index contributed by atoms with van der Waals surface area (Å²) in [5.41, 5.74) is 2.03. The highest BCUT2D eigenvalue weighted by Gasteiger charge is 2.35. The molecule has 3 unspecified atom stereocenters. The van der Waals surface area contributed by atoms with E-state index < -0.39 is 17.9 Å². The number of fused-ring (bicyclic) bond motifs is 1. The number of nitrogens with one attached hydrogen (secondary N) is 1. The number of para-hydroxylation sites is 1. The molecule has 0 radical (unpaired) electrons. The maximum Gasteiger partial charge on any atom is 0.318 e. The van der Waals surface area contributed by atoms with Crippen LogP contribution in [-0.2, 0) is 16.0 Å². The molecule has 0 saturated carbocycles. The number of aliphatic carboxylic acids is 1. The van der Waals surface area contributed by atoms with Crippen molar-refractivity contribution in [1.29, 1.82) is 0 Å². The van der Waals surface area contributed by atoms with Crippen LogP contribution >= 0.6 is 0 Å². The molecule has 1 fully saturated rings. The molecule has 7 heteroatoms. The smallest absolute Gasteiger partial charge is 0.318 e. The molecule has 0 aliphatic carbocycles. The number of piperidine rings is 1. The number of rotatable bonds is 3. The molecule has 1 aromatic rings. The normalized spacial score (nSPS) is 23.3. The third-order valence-electron chi connectivity index (χ3n) is 5.21. The number of benzene rings is 1. The molecule has 140 valence electrons. The van der Waals surface area contributed by atoms with Crippen molar-refractivity contribution in [2.75, 3.05) is 18.0 Å². The predicted octanol–water partition coefficient (Wildman–Crippen LogP) is 1.86. The largest absolute Gasteiger partial charge is 0.481 e. The van der Waals surface area contributed by atoms with E-state index in [1.165, 1.54) is 4.90 Å². The van der Waals surface area contributed by atoms with Gasteiger partial charge in [0.05, 0.1) is 5.92 Å². The highest BCUT2D eigenvalue weighted by Crippen LogP contribution is 2.32. The van der Waals surface area contributed by atoms with E-state index in [9.17, 15) is 14.4 Å². The minimum atomic E-state index is -0.880. The van der Waals surface area contributed by atoms with Gasteiger partial charge in [0, 0.05) is 24.8 Å². The maximum atomic E-state index is 12.9. The number of anilines is 1. The average Bonchev–Trinajstić information content (AvgIpc) is 2.96. The van der Waals surface area contributed by atoms with E-state index in [0.717, 1.165) is 17.7 Å². The van der Waals surface area contributed by atoms with Crippen LogP contribution in [0.3, 0.4) is 0 Å². The number of likely N-dealkylation sites (tertiary alicyclic amines) is 1. The minimum Gasteiger partial charge on any atom is -0.481 e. The number of urea groups is 1. The highest BCUT2D eigenvalue weighted by molar-refractivity contribution is 6.01. The lowest BCUT2D eigenvalue weighted by molar-refractivity contribution is -0.143. The lowest BCUT2D eigenvalue weighted by atomic mass is 9.99. The van der Waals surface area contributed by atoms with Crippen molar-refractivity contribution in [3.05, 3.63) is 29.8 Å². The predicted molar refractivity (Wildman–Crippen MR) is 97.0 cm³/mol. The molecular formula is C19H25N3O4. The Hall–Kier alpha value is -2.57. The van der Waals surface area contributed by atoms with Gasteiger partial charge in [-0.25, -0.2) is 4.79 Å². The number of nitrogens with zero attached hydrogens (tertiary/aromatic N) is 2. The van der Waals surface area contributed by atoms with Gasteiger partial charge >= 0.3 is 12.0 Å². The van der Waals surface area contributed by atoms with E-state index in [0.29, 0.717) is 19.4 Å². The van der Waals surface area contributed by atoms with Crippen LogP contribution in [0.25, 0.3) is 0 Å². The summed E-state index contributed by atoms with van der Waals surface area (Å²) in [6.45, 7) is 4.37. The van der Waals surface area contributed by atoms with Crippen molar-refractivity contribution in [3.63, 3.8) is 0 Å². The summed E-state index contributed by atoms with van der Waals surface area (Å²) in [4.78, 5) is 39.8. The van der Waals surface area contributed by atoms with Gasteiger partial charge in [-0.3, -0.25) is 9.59 Å². The van der Waals surface area contributed by atoms with Crippen molar-refractivity contribution in [2.45, 2.75) is 45.2 Å². The van der Waals surface area contributed by atoms with Gasteiger partial charge in [-0.1, -0.05) is 18.2 Å². The summed E-state index contributed by atoms with van der Waals surface area (Å²) in [5.74, 6) is -1.57. The number of carbonyl (C=O) groups is 3. The van der Waals surface area contributed by atoms with Crippen LogP contribution in [0.4, 0.5) is 10.5 Å². The number of carboxylic acid groups (broad SMARTS) is 1. The van der Waals surface area contributed by atoms with Crippen molar-refractivity contribution in [1.82, 2.24) is 10.2 Å². The Kier molecular flexibility index (Phi) is 5.15. The molecule has 3 atom stereocenters. The number of amides is 3. The number of hydrogen-bond donors (Lipinski definition) is 2. The zero-order valence-corrected chi connectivity index (χ0v) is 15.1. The molecule has 2 aliphatic heterocycles. The molecule has 2 aliphatic rings. The second-order valence-electron chi connectivity index (χ2n) is 7.18. The Morgan fingerprint density at radius 1 is 1.27 bits per heavy atom. The monoisotopic (exact) mass is 359 g/mol. The Bertz CT molecular complexity index is 720. The zero-order valence-electron chi connectivity index (χ0n) is 15.1. The van der Waals surface area contributed by atoms with Crippen molar-refractivity contribution in [3.8, 4) is 0 Å². The van der Waals surface area contributed by atoms with Crippen LogP contribution in [0.2, 0.25) is 0 Å². The molecule has 1 aromatic carbocycles. The average molecular weight is 359 g/mol. The van der Waals surface area contributed by atoms with E-state index in [2.05, 4.69) is 5.32 Å². The summed E-state index contributed by atoms with van der Waals surface area (Å²) < 4.78 is 0. The molecule has 0 spiro atoms. The standard InChI is InChI=1S/C19H25N3O4/c1-12-10-14-6-3-4-8-16(14)22(12)17(23)13(2)20-19(26)21-9-5-7-15(11-21)18(24)25/h3-4,6,8,12-13,15H,5,7,9-11H2,1-2H3,(H,20,26)(H,24,25). The molecule has 2 heterocycles. The van der Waals surface area contributed by atoms with E-state index in [4.69, 9.17) is 5.11 Å². The van der Waals surface area contributed by atoms with Gasteiger partial charge < -0.3 is 20.2 Å². The van der Waals surface area contributed by atoms with Crippen LogP contribution in [0.1, 0.15) is 32.3 Å². The summed E-state index contributed by atoms with van der Waals surface area (Å²) >= 11 is 0. The summed E-state index contributed by atoms with van der Waals surface area (Å²) in [7, 11) is 0. The fraction of sp³-hybridized carbons (Fsp3) is 0.526. The third-order valence-corrected chi connectivity index (χ3v) is 5.21. The zero-order chi connectivity index (χ0) is 18.8. The van der Waals surface area contributed by atoms with E-state index in [1.807, 2.05) is 31.2 Å². The Labute approximate surface area is 153 Å². The fourth-order valence-electron chi connectivity index (χ4n) is 3.81. The molecule has 0 aromatic heterocycles. The van der Waals surface area contributed by atoms with Gasteiger partial charge in [-0.05, 0) is 44.7 Å². The SMILES string of the molecule is CC(NC(=O)N1CCCC(C(=O)O)C1)C(=O)N1c2ccccc2CC1C. The molecule has 0 bridgehead atoms. The quantitative estimate of drug-likeness (QED) is 0.862. The Morgan fingerprint density at radius 2 is 2.00 bits per heavy atom. The summed E-state index contributed by atoms with van der Waals surface area (Å²) in [6, 6.07) is 6.79. The minimum absolute atomic E-state index is 0.0469. The van der Waals surface area contributed by atoms with Crippen LogP contribution in [0, 0.1) is 5.92 Å². The van der Waals surface area contributed by atoms with Gasteiger partial charge in [0.25, 0.3) is 0 Å². The molecule has 3 rings (SSSR count). The van der Waals surface area contributed by atoms with E-state index in [1.54, 1.807) is 11.8 Å². The molecule has 3 amide bonds. The first kappa shape index (κ1) is 18.2. The van der Waals surface area contributed by atoms with Crippen molar-refractivity contribution >= 4 is 23.6 Å².